The molecular formula is C53H67N10O13P2+. The van der Waals surface area contributed by atoms with Gasteiger partial charge in [0, 0.05) is 97.8 Å². The molecule has 5 aromatic rings. The molecule has 0 radical (unpaired) electrons. The number of aliphatic hydroxyl groups excluding tert-OH is 1. The molecule has 4 atom stereocenters. The summed E-state index contributed by atoms with van der Waals surface area (Å²) in [4.78, 5) is 82.3. The third-order valence-corrected chi connectivity index (χ3v) is 16.8. The predicted octanol–water partition coefficient (Wildman–Crippen LogP) is 3.33. The van der Waals surface area contributed by atoms with Gasteiger partial charge < -0.3 is 60.3 Å². The maximum atomic E-state index is 14.7. The lowest BCUT2D eigenvalue weighted by molar-refractivity contribution is -0.121. The van der Waals surface area contributed by atoms with E-state index in [0.717, 1.165) is 130 Å². The Morgan fingerprint density at radius 2 is 1.63 bits per heavy atom. The molecule has 9 N–H and O–H groups in total. The number of hydrogen-bond acceptors (Lipinski definition) is 15. The number of phosphoric acid groups is 2. The van der Waals surface area contributed by atoms with Crippen molar-refractivity contribution >= 4 is 61.7 Å². The van der Waals surface area contributed by atoms with Gasteiger partial charge in [-0.15, -0.1) is 0 Å². The molecule has 0 bridgehead atoms. The van der Waals surface area contributed by atoms with Gasteiger partial charge in [0.25, 0.3) is 5.91 Å². The molecule has 1 fully saturated rings. The number of aromatic nitrogens is 4. The number of nitrogen functional groups attached to an aromatic ring is 1. The normalized spacial score (nSPS) is 20.4. The average molecular weight is 1110 g/mol. The van der Waals surface area contributed by atoms with Crippen LogP contribution in [0.3, 0.4) is 0 Å². The second-order valence-electron chi connectivity index (χ2n) is 21.1. The number of nitrogens with zero attached hydrogens (tertiary/aromatic N) is 7. The minimum atomic E-state index is -5.23. The summed E-state index contributed by atoms with van der Waals surface area (Å²) >= 11 is 0. The number of nitrogens with two attached hydrogens (primary N) is 1. The van der Waals surface area contributed by atoms with Gasteiger partial charge in [0.15, 0.2) is 23.2 Å². The number of anilines is 3. The monoisotopic (exact) mass is 1110 g/mol. The van der Waals surface area contributed by atoms with Gasteiger partial charge in [-0.1, -0.05) is 31.0 Å². The van der Waals surface area contributed by atoms with Crippen molar-refractivity contribution < 1.29 is 61.9 Å². The molecule has 8 heterocycles. The third-order valence-electron chi connectivity index (χ3n) is 15.8. The quantitative estimate of drug-likeness (QED) is 0.0309. The fraction of sp³-hybridized carbons (Fsp3) is 0.509. The Hall–Kier alpha value is -5.84. The van der Waals surface area contributed by atoms with Gasteiger partial charge in [0.1, 0.15) is 49.2 Å². The highest BCUT2D eigenvalue weighted by molar-refractivity contribution is 7.46. The molecule has 0 spiro atoms. The Kier molecular flexibility index (Phi) is 15.5. The zero-order valence-corrected chi connectivity index (χ0v) is 45.3. The molecule has 6 aliphatic heterocycles. The summed E-state index contributed by atoms with van der Waals surface area (Å²) in [6.45, 7) is 4.61. The standard InChI is InChI=1S/C53H66N10O13P2/c1-60(22-12-19-40(64)55-20-6-2-3-7-21-56-53-59-42-49(54)57-30-58-50(42)63(53)52-45(65)48(76-78(70,71)72)39(74-52)29-73-77(67,68)69)51(66)34-16-5-4-15-33(34)41-37-27-31-13-8-23-61-25-10-17-35(43(31)61)46(37)75-47-36-18-11-26-62-24-9-14-32(44(36)62)28-38(41)47/h4-5,15-16,27-28,30,39,45,48,52,54,65H,2-3,6-14,17-26,29H2,1H3,(H6,55,64,66,67,68,69,70,71,72)/p+1/t39-,45-,48-,52-/m1/s1. The van der Waals surface area contributed by atoms with E-state index in [1.54, 1.807) is 4.90 Å². The summed E-state index contributed by atoms with van der Waals surface area (Å²) in [5.74, 6) is 1.82. The first kappa shape index (κ1) is 54.1. The first-order chi connectivity index (χ1) is 37.5. The average Bonchev–Trinajstić information content (AvgIpc) is 3.99. The van der Waals surface area contributed by atoms with E-state index in [1.165, 1.54) is 37.9 Å². The van der Waals surface area contributed by atoms with Crippen LogP contribution >= 0.6 is 15.6 Å². The van der Waals surface area contributed by atoms with Crippen LogP contribution in [-0.4, -0.2) is 139 Å². The first-order valence-corrected chi connectivity index (χ1v) is 30.1. The lowest BCUT2D eigenvalue weighted by Gasteiger charge is -2.39. The highest BCUT2D eigenvalue weighted by Crippen LogP contribution is 2.50. The summed E-state index contributed by atoms with van der Waals surface area (Å²) in [5.41, 5.74) is 16.7. The molecule has 416 valence electrons. The fourth-order valence-electron chi connectivity index (χ4n) is 12.4. The summed E-state index contributed by atoms with van der Waals surface area (Å²) in [6.07, 6.45) is 6.55. The number of rotatable bonds is 20. The van der Waals surface area contributed by atoms with Crippen LogP contribution in [-0.2, 0) is 53.4 Å². The summed E-state index contributed by atoms with van der Waals surface area (Å²) in [5, 5.41) is 19.9. The second kappa shape index (κ2) is 22.4. The van der Waals surface area contributed by atoms with E-state index in [1.807, 2.05) is 25.2 Å². The number of nitrogens with one attached hydrogen (secondary N) is 2. The lowest BCUT2D eigenvalue weighted by atomic mass is 9.81. The summed E-state index contributed by atoms with van der Waals surface area (Å²) < 4.78 is 49.5. The zero-order valence-electron chi connectivity index (χ0n) is 43.5. The Morgan fingerprint density at radius 1 is 0.885 bits per heavy atom. The van der Waals surface area contributed by atoms with Gasteiger partial charge in [-0.2, -0.15) is 0 Å². The molecule has 0 aliphatic carbocycles. The molecule has 2 aromatic heterocycles. The van der Waals surface area contributed by atoms with Gasteiger partial charge in [-0.25, -0.2) is 28.7 Å². The SMILES string of the molecule is CN(CCCC(=O)NCCCCCCNc1nc2c(N)ncnc2n1[C@@H]1O[C@H](COP(=O)(O)O)[C@@H](OP(=O)(O)O)[C@H]1O)C(=O)c1ccccc1C1=c2cc3c4c(c2Oc2c1cc1c5c2CCCN5CCC1)CCC[N+]=4CCC3. The minimum absolute atomic E-state index is 0.00155. The van der Waals surface area contributed by atoms with Crippen molar-refractivity contribution in [3.05, 3.63) is 92.2 Å². The van der Waals surface area contributed by atoms with E-state index in [9.17, 15) is 43.4 Å². The first-order valence-electron chi connectivity index (χ1n) is 27.1. The van der Waals surface area contributed by atoms with Gasteiger partial charge in [-0.05, 0) is 87.1 Å². The Bertz CT molecular complexity index is 3400. The topological polar surface area (TPSA) is 310 Å². The lowest BCUT2D eigenvalue weighted by Crippen LogP contribution is -2.45. The highest BCUT2D eigenvalue weighted by atomic mass is 31.2. The fourth-order valence-corrected chi connectivity index (χ4v) is 13.3. The van der Waals surface area contributed by atoms with Crippen molar-refractivity contribution in [2.24, 2.45) is 0 Å². The van der Waals surface area contributed by atoms with Crippen LogP contribution in [0.1, 0.15) is 114 Å². The second-order valence-corrected chi connectivity index (χ2v) is 23.5. The largest absolute Gasteiger partial charge is 0.470 e. The van der Waals surface area contributed by atoms with E-state index in [2.05, 4.69) is 57.8 Å². The molecule has 2 amide bonds. The van der Waals surface area contributed by atoms with Gasteiger partial charge >= 0.3 is 15.6 Å². The molecule has 11 rings (SSSR count). The van der Waals surface area contributed by atoms with Crippen molar-refractivity contribution in [2.45, 2.75) is 114 Å². The van der Waals surface area contributed by atoms with Crippen LogP contribution in [0.15, 0.2) is 42.7 Å². The number of unbranched alkanes of at least 4 members (excludes halogenated alkanes) is 3. The molecule has 78 heavy (non-hydrogen) atoms. The highest BCUT2D eigenvalue weighted by Gasteiger charge is 2.50. The Morgan fingerprint density at radius 3 is 2.42 bits per heavy atom. The number of benzene rings is 3. The maximum Gasteiger partial charge on any atom is 0.470 e. The van der Waals surface area contributed by atoms with E-state index in [-0.39, 0.29) is 41.2 Å². The number of aryl methyl sites for hydroxylation is 2. The van der Waals surface area contributed by atoms with Crippen LogP contribution < -0.4 is 41.2 Å². The number of phosphoric ester groups is 2. The van der Waals surface area contributed by atoms with Crippen molar-refractivity contribution in [3.63, 3.8) is 0 Å². The number of hydrogen-bond donors (Lipinski definition) is 8. The van der Waals surface area contributed by atoms with E-state index in [4.69, 9.17) is 19.7 Å². The van der Waals surface area contributed by atoms with E-state index in [0.29, 0.717) is 44.5 Å². The number of carbonyl (C=O) groups is 2. The molecule has 1 saturated heterocycles. The summed E-state index contributed by atoms with van der Waals surface area (Å²) in [6, 6.07) is 12.7. The number of ether oxygens (including phenoxy) is 2. The van der Waals surface area contributed by atoms with Crippen molar-refractivity contribution in [1.29, 1.82) is 0 Å². The molecular weight excluding hydrogens is 1050 g/mol. The number of carbonyl (C=O) groups excluding carboxylic acids is 2. The minimum Gasteiger partial charge on any atom is -0.455 e. The number of aliphatic hydroxyl groups is 1. The molecule has 25 heteroatoms. The van der Waals surface area contributed by atoms with Gasteiger partial charge in [-0.3, -0.25) is 23.2 Å². The number of fused-ring (bicyclic) bond motifs is 5. The van der Waals surface area contributed by atoms with Crippen LogP contribution in [0.5, 0.6) is 11.5 Å². The number of imidazole rings is 1. The zero-order chi connectivity index (χ0) is 54.5. The molecule has 23 nitrogen and oxygen atoms in total. The summed E-state index contributed by atoms with van der Waals surface area (Å²) in [7, 11) is -8.47. The van der Waals surface area contributed by atoms with Crippen molar-refractivity contribution in [1.82, 2.24) is 34.3 Å². The molecule has 6 aliphatic rings. The Balaban J connectivity index is 0.703. The van der Waals surface area contributed by atoms with Crippen LogP contribution in [0.4, 0.5) is 17.5 Å². The van der Waals surface area contributed by atoms with E-state index >= 15 is 0 Å². The van der Waals surface area contributed by atoms with Crippen molar-refractivity contribution in [3.8, 4) is 11.5 Å². The van der Waals surface area contributed by atoms with Crippen LogP contribution in [0.2, 0.25) is 0 Å². The van der Waals surface area contributed by atoms with Gasteiger partial charge in [0.05, 0.1) is 12.2 Å². The van der Waals surface area contributed by atoms with E-state index < -0.39 is 46.8 Å². The Labute approximate surface area is 449 Å². The molecule has 0 unspecified atom stereocenters. The third kappa shape index (κ3) is 10.9. The maximum absolute atomic E-state index is 14.7. The van der Waals surface area contributed by atoms with Gasteiger partial charge in [0.2, 0.25) is 17.2 Å². The molecule has 0 saturated carbocycles. The van der Waals surface area contributed by atoms with Crippen molar-refractivity contribution in [2.75, 3.05) is 75.4 Å². The number of amides is 2. The van der Waals surface area contributed by atoms with Crippen LogP contribution in [0.25, 0.3) is 16.7 Å². The molecule has 3 aromatic carbocycles. The smallest absolute Gasteiger partial charge is 0.455 e. The predicted molar refractivity (Wildman–Crippen MR) is 287 cm³/mol. The van der Waals surface area contributed by atoms with Crippen LogP contribution in [0, 0.1) is 0 Å².